The van der Waals surface area contributed by atoms with Crippen LogP contribution in [0.2, 0.25) is 0 Å². The molecule has 4 aliphatic carbocycles. The number of benzene rings is 2. The molecule has 3 N–H and O–H groups in total. The fraction of sp³-hybridized carbons (Fsp3) is 0.632. The van der Waals surface area contributed by atoms with Crippen LogP contribution >= 0.6 is 0 Å². The van der Waals surface area contributed by atoms with E-state index in [0.717, 1.165) is 77.5 Å². The monoisotopic (exact) mass is 597 g/mol. The number of aryl methyl sites for hydroxylation is 2. The van der Waals surface area contributed by atoms with Gasteiger partial charge in [-0.3, -0.25) is 14.9 Å². The van der Waals surface area contributed by atoms with Crippen molar-refractivity contribution in [3.8, 4) is 5.75 Å². The summed E-state index contributed by atoms with van der Waals surface area (Å²) in [5, 5.41) is 16.7. The van der Waals surface area contributed by atoms with E-state index in [1.807, 2.05) is 6.07 Å². The van der Waals surface area contributed by atoms with Gasteiger partial charge in [0, 0.05) is 43.7 Å². The number of fused-ring (bicyclic) bond motifs is 6. The number of rotatable bonds is 3. The number of amides is 2. The number of hydrogen-bond donors (Lipinski definition) is 3. The summed E-state index contributed by atoms with van der Waals surface area (Å²) in [5.41, 5.74) is 6.91. The molecule has 0 radical (unpaired) electrons. The van der Waals surface area contributed by atoms with Crippen molar-refractivity contribution in [2.45, 2.75) is 89.9 Å². The number of nitrogens with zero attached hydrogens (tertiary/aromatic N) is 1. The number of phenols is 1. The summed E-state index contributed by atoms with van der Waals surface area (Å²) < 4.78 is 0. The number of aromatic hydroxyl groups is 1. The topological polar surface area (TPSA) is 81.7 Å². The van der Waals surface area contributed by atoms with Crippen molar-refractivity contribution >= 4 is 17.5 Å². The number of anilines is 1. The van der Waals surface area contributed by atoms with E-state index in [2.05, 4.69) is 67.5 Å². The van der Waals surface area contributed by atoms with Crippen LogP contribution in [0.5, 0.6) is 5.75 Å². The Balaban J connectivity index is 1.04. The largest absolute Gasteiger partial charge is 0.508 e. The summed E-state index contributed by atoms with van der Waals surface area (Å²) in [5.74, 6) is 1.14. The van der Waals surface area contributed by atoms with Crippen molar-refractivity contribution in [1.29, 1.82) is 0 Å². The predicted octanol–water partition coefficient (Wildman–Crippen LogP) is 5.88. The molecule has 0 aromatic heterocycles. The molecule has 2 saturated carbocycles. The van der Waals surface area contributed by atoms with Crippen LogP contribution in [0.3, 0.4) is 0 Å². The molecule has 0 unspecified atom stereocenters. The van der Waals surface area contributed by atoms with Crippen LogP contribution in [0.1, 0.15) is 88.5 Å². The number of carbonyl (C=O) groups excluding carboxylic acids is 2. The summed E-state index contributed by atoms with van der Waals surface area (Å²) in [7, 11) is 0. The summed E-state index contributed by atoms with van der Waals surface area (Å²) in [6.07, 6.45) is 7.68. The van der Waals surface area contributed by atoms with E-state index in [4.69, 9.17) is 0 Å². The molecule has 5 aliphatic rings. The lowest BCUT2D eigenvalue weighted by molar-refractivity contribution is -0.140. The van der Waals surface area contributed by atoms with Crippen LogP contribution in [0.15, 0.2) is 36.4 Å². The molecule has 0 bridgehead atoms. The van der Waals surface area contributed by atoms with Crippen molar-refractivity contribution in [1.82, 2.24) is 10.6 Å². The molecule has 0 spiro atoms. The third-order valence-corrected chi connectivity index (χ3v) is 13.4. The Kier molecular flexibility index (Phi) is 7.58. The van der Waals surface area contributed by atoms with Crippen LogP contribution in [-0.2, 0) is 33.3 Å². The third-order valence-electron chi connectivity index (χ3n) is 13.4. The average molecular weight is 598 g/mol. The van der Waals surface area contributed by atoms with Crippen LogP contribution < -0.4 is 15.5 Å². The average Bonchev–Trinajstić information content (AvgIpc) is 3.01. The quantitative estimate of drug-likeness (QED) is 0.385. The Hall–Kier alpha value is -2.86. The van der Waals surface area contributed by atoms with Gasteiger partial charge in [-0.15, -0.1) is 0 Å². The maximum Gasteiger partial charge on any atom is 0.229 e. The maximum atomic E-state index is 13.8. The lowest BCUT2D eigenvalue weighted by atomic mass is 9.52. The van der Waals surface area contributed by atoms with Gasteiger partial charge < -0.3 is 15.3 Å². The zero-order valence-corrected chi connectivity index (χ0v) is 27.1. The number of nitrogens with one attached hydrogen (secondary N) is 2. The maximum absolute atomic E-state index is 13.8. The minimum Gasteiger partial charge on any atom is -0.508 e. The van der Waals surface area contributed by atoms with Gasteiger partial charge in [-0.05, 0) is 132 Å². The van der Waals surface area contributed by atoms with Crippen LogP contribution in [0, 0.1) is 35.5 Å². The van der Waals surface area contributed by atoms with E-state index in [-0.39, 0.29) is 46.3 Å². The van der Waals surface area contributed by atoms with E-state index in [0.29, 0.717) is 17.6 Å². The molecule has 8 atom stereocenters. The number of piperazine rings is 1. The highest BCUT2D eigenvalue weighted by Gasteiger charge is 2.52. The van der Waals surface area contributed by atoms with Gasteiger partial charge in [-0.1, -0.05) is 39.8 Å². The first-order chi connectivity index (χ1) is 21.1. The van der Waals surface area contributed by atoms with Crippen LogP contribution in [0.4, 0.5) is 5.69 Å². The normalized spacial score (nSPS) is 36.3. The van der Waals surface area contributed by atoms with Gasteiger partial charge in [0.05, 0.1) is 0 Å². The van der Waals surface area contributed by atoms with Gasteiger partial charge in [0.25, 0.3) is 0 Å². The zero-order valence-electron chi connectivity index (χ0n) is 27.1. The molecule has 2 aromatic carbocycles. The Morgan fingerprint density at radius 1 is 0.795 bits per heavy atom. The minimum atomic E-state index is -0.148. The van der Waals surface area contributed by atoms with E-state index in [1.165, 1.54) is 27.9 Å². The third kappa shape index (κ3) is 4.78. The number of carbonyl (C=O) groups is 2. The zero-order chi connectivity index (χ0) is 30.8. The van der Waals surface area contributed by atoms with Gasteiger partial charge in [0.2, 0.25) is 11.8 Å². The van der Waals surface area contributed by atoms with Gasteiger partial charge in [-0.2, -0.15) is 0 Å². The van der Waals surface area contributed by atoms with E-state index >= 15 is 0 Å². The second kappa shape index (κ2) is 11.2. The van der Waals surface area contributed by atoms with Crippen LogP contribution in [-0.4, -0.2) is 43.1 Å². The second-order valence-corrected chi connectivity index (χ2v) is 15.4. The molecular formula is C38H51N3O3. The Morgan fingerprint density at radius 2 is 1.32 bits per heavy atom. The molecule has 1 saturated heterocycles. The first-order valence-corrected chi connectivity index (χ1v) is 17.4. The van der Waals surface area contributed by atoms with Gasteiger partial charge in [-0.25, -0.2) is 0 Å². The van der Waals surface area contributed by atoms with Crippen molar-refractivity contribution in [3.63, 3.8) is 0 Å². The molecule has 1 heterocycles. The van der Waals surface area contributed by atoms with E-state index < -0.39 is 0 Å². The molecule has 6 nitrogen and oxygen atoms in total. The first-order valence-electron chi connectivity index (χ1n) is 17.4. The molecule has 3 fully saturated rings. The molecular weight excluding hydrogens is 546 g/mol. The summed E-state index contributed by atoms with van der Waals surface area (Å²) in [6.45, 7) is 13.4. The molecule has 236 valence electrons. The number of hydrogen-bond acceptors (Lipinski definition) is 5. The lowest BCUT2D eigenvalue weighted by Crippen LogP contribution is -2.53. The summed E-state index contributed by atoms with van der Waals surface area (Å²) in [4.78, 5) is 30.1. The fourth-order valence-corrected chi connectivity index (χ4v) is 10.8. The van der Waals surface area contributed by atoms with Gasteiger partial charge in [0.15, 0.2) is 0 Å². The number of imide groups is 1. The predicted molar refractivity (Wildman–Crippen MR) is 175 cm³/mol. The Labute approximate surface area is 263 Å². The highest BCUT2D eigenvalue weighted by molar-refractivity contribution is 5.97. The molecule has 6 heteroatoms. The number of phenolic OH excluding ortho intramolecular Hbond substituents is 1. The highest BCUT2D eigenvalue weighted by Crippen LogP contribution is 2.56. The molecule has 44 heavy (non-hydrogen) atoms. The van der Waals surface area contributed by atoms with Crippen molar-refractivity contribution in [3.05, 3.63) is 58.7 Å². The Morgan fingerprint density at radius 3 is 1.89 bits per heavy atom. The van der Waals surface area contributed by atoms with Gasteiger partial charge >= 0.3 is 0 Å². The van der Waals surface area contributed by atoms with E-state index in [9.17, 15) is 14.7 Å². The van der Waals surface area contributed by atoms with Crippen molar-refractivity contribution in [2.75, 3.05) is 31.1 Å². The smallest absolute Gasteiger partial charge is 0.229 e. The highest BCUT2D eigenvalue weighted by atomic mass is 16.3. The minimum absolute atomic E-state index is 0.0447. The molecule has 7 rings (SSSR count). The lowest BCUT2D eigenvalue weighted by Gasteiger charge is -2.52. The molecule has 2 amide bonds. The second-order valence-electron chi connectivity index (χ2n) is 15.4. The SMILES string of the molecule is C[C@@H]1[C@@H](C(=O)NC(=O)[C@H]2CC[C@]3(C)c4cc(N5CCNCC5)ccc4CC[C@H]3[C@@H]2C)CC[C@]2(C)c3cc(O)ccc3CC[C@@H]12. The molecule has 2 aromatic rings. The van der Waals surface area contributed by atoms with Crippen molar-refractivity contribution in [2.24, 2.45) is 35.5 Å². The molecule has 1 aliphatic heterocycles. The Bertz CT molecular complexity index is 1450. The summed E-state index contributed by atoms with van der Waals surface area (Å²) in [6, 6.07) is 13.0. The van der Waals surface area contributed by atoms with Gasteiger partial charge in [0.1, 0.15) is 5.75 Å². The summed E-state index contributed by atoms with van der Waals surface area (Å²) >= 11 is 0. The fourth-order valence-electron chi connectivity index (χ4n) is 10.8. The van der Waals surface area contributed by atoms with E-state index in [1.54, 1.807) is 6.07 Å². The van der Waals surface area contributed by atoms with Crippen LogP contribution in [0.25, 0.3) is 0 Å². The standard InChI is InChI=1S/C38H51N3O3/c1-23-29(13-15-37(3)31(23)11-7-25-5-9-27(21-33(25)37)41-19-17-39-18-20-41)35(43)40-36(44)30-14-16-38(4)32(24(30)2)12-8-26-6-10-28(42)22-34(26)38/h5-6,9-10,21-24,29-32,39,42H,7-8,11-20H2,1-4H3,(H,40,43,44)/t23-,24-,29+,30+,31+,32+,37+,38+/m1/s1. The first kappa shape index (κ1) is 29.8. The van der Waals surface area contributed by atoms with Crippen molar-refractivity contribution < 1.29 is 14.7 Å².